The van der Waals surface area contributed by atoms with Crippen molar-refractivity contribution in [2.24, 2.45) is 10.9 Å². The Morgan fingerprint density at radius 2 is 2.06 bits per heavy atom. The Kier molecular flexibility index (Phi) is 6.03. The van der Waals surface area contributed by atoms with E-state index in [1.807, 2.05) is 0 Å². The van der Waals surface area contributed by atoms with Gasteiger partial charge in [0.25, 0.3) is 0 Å². The Bertz CT molecular complexity index is 454. The molecule has 0 spiro atoms. The average molecular weight is 458 g/mol. The quantitative estimate of drug-likeness (QED) is 0.677. The minimum atomic E-state index is -0.226. The summed E-state index contributed by atoms with van der Waals surface area (Å²) in [5.41, 5.74) is 4.69. The molecule has 1 N–H and O–H groups in total. The van der Waals surface area contributed by atoms with Crippen molar-refractivity contribution in [3.63, 3.8) is 0 Å². The van der Waals surface area contributed by atoms with Gasteiger partial charge < -0.3 is 5.11 Å². The van der Waals surface area contributed by atoms with Crippen molar-refractivity contribution in [1.82, 2.24) is 0 Å². The molecule has 2 atom stereocenters. The fraction of sp³-hybridized carbons (Fsp3) is 0.533. The topological polar surface area (TPSA) is 32.6 Å². The molecule has 95 valence electrons. The van der Waals surface area contributed by atoms with Gasteiger partial charge in [-0.05, 0) is 42.5 Å². The van der Waals surface area contributed by atoms with E-state index in [4.69, 9.17) is 0 Å². The van der Waals surface area contributed by atoms with Gasteiger partial charge in [-0.1, -0.05) is 26.8 Å². The number of nitrogens with zero attached hydrogens (tertiary/aromatic N) is 1. The molecule has 0 fully saturated rings. The number of aliphatic imine (C=N–C) groups is 1. The molecule has 2 rings (SSSR count). The van der Waals surface area contributed by atoms with Crippen LogP contribution in [0, 0.1) is 50.0 Å². The Morgan fingerprint density at radius 1 is 1.39 bits per heavy atom. The molecule has 0 saturated carbocycles. The Morgan fingerprint density at radius 3 is 2.67 bits per heavy atom. The van der Waals surface area contributed by atoms with Crippen LogP contribution < -0.4 is 0 Å². The van der Waals surface area contributed by atoms with Gasteiger partial charge in [0.1, 0.15) is 0 Å². The molecular weight excluding hydrogens is 437 g/mol. The van der Waals surface area contributed by atoms with Crippen molar-refractivity contribution in [2.45, 2.75) is 46.1 Å². The molecule has 0 amide bonds. The first-order valence-electron chi connectivity index (χ1n) is 6.35. The monoisotopic (exact) mass is 458 g/mol. The van der Waals surface area contributed by atoms with Crippen LogP contribution in [-0.2, 0) is 6.42 Å². The van der Waals surface area contributed by atoms with Crippen molar-refractivity contribution in [1.29, 1.82) is 0 Å². The molecule has 0 heterocycles. The van der Waals surface area contributed by atoms with Crippen LogP contribution in [0.3, 0.4) is 0 Å². The van der Waals surface area contributed by atoms with Gasteiger partial charge in [-0.15, -0.1) is 0 Å². The van der Waals surface area contributed by atoms with E-state index >= 15 is 0 Å². The molecule has 2 nitrogen and oxygen atoms in total. The summed E-state index contributed by atoms with van der Waals surface area (Å²) in [6.07, 6.45) is 0.555. The summed E-state index contributed by atoms with van der Waals surface area (Å²) in [5, 5.41) is 9.84. The van der Waals surface area contributed by atoms with Crippen molar-refractivity contribution in [3.8, 4) is 0 Å². The number of aliphatic hydroxyl groups excluding tert-OH is 1. The average Bonchev–Trinajstić information content (AvgIpc) is 2.55. The second-order valence-corrected chi connectivity index (χ2v) is 5.35. The molecule has 0 saturated heterocycles. The number of hydrogen-bond donors (Lipinski definition) is 1. The minimum Gasteiger partial charge on any atom is -0.392 e. The zero-order valence-corrected chi connectivity index (χ0v) is 16.4. The van der Waals surface area contributed by atoms with Gasteiger partial charge in [0.15, 0.2) is 0 Å². The smallest absolute Gasteiger partial charge is 0.0646 e. The largest absolute Gasteiger partial charge is 0.392 e. The van der Waals surface area contributed by atoms with Gasteiger partial charge in [-0.3, -0.25) is 4.99 Å². The molecule has 0 bridgehead atoms. The molecule has 0 aromatic heterocycles. The van der Waals surface area contributed by atoms with E-state index in [-0.39, 0.29) is 56.1 Å². The van der Waals surface area contributed by atoms with Crippen LogP contribution >= 0.6 is 0 Å². The maximum atomic E-state index is 9.84. The maximum absolute atomic E-state index is 9.84. The number of benzene rings is 1. The van der Waals surface area contributed by atoms with Gasteiger partial charge >= 0.3 is 0 Å². The number of fused-ring (bicyclic) bond motifs is 1. The third kappa shape index (κ3) is 3.44. The molecule has 1 radical (unpaired) electrons. The number of rotatable bonds is 2. The third-order valence-corrected chi connectivity index (χ3v) is 3.77. The van der Waals surface area contributed by atoms with Gasteiger partial charge in [0.2, 0.25) is 0 Å². The van der Waals surface area contributed by atoms with Crippen LogP contribution in [-0.4, -0.2) is 16.9 Å². The van der Waals surface area contributed by atoms with Crippen LogP contribution in [0.2, 0.25) is 0 Å². The molecule has 1 aliphatic carbocycles. The molecule has 1 aromatic rings. The zero-order valence-electron chi connectivity index (χ0n) is 11.6. The Hall–Kier alpha value is 0.292. The van der Waals surface area contributed by atoms with Crippen LogP contribution in [0.15, 0.2) is 23.2 Å². The summed E-state index contributed by atoms with van der Waals surface area (Å²) < 4.78 is 0. The van der Waals surface area contributed by atoms with Gasteiger partial charge in [-0.2, -0.15) is 0 Å². The standard InChI is InChI=1S/C15H21NO.Ac/c1-9(2)11(4)16-13-6-5-12-7-15(17)10(3)14(12)8-13;/h5-6,8-10,15,17H,7H2,1-4H3;/t10-,15?;/m1./s1. The van der Waals surface area contributed by atoms with E-state index in [0.29, 0.717) is 5.92 Å². The van der Waals surface area contributed by atoms with Crippen LogP contribution in [0.25, 0.3) is 0 Å². The third-order valence-electron chi connectivity index (χ3n) is 3.77. The number of aliphatic hydroxyl groups is 1. The van der Waals surface area contributed by atoms with Gasteiger partial charge in [-0.25, -0.2) is 0 Å². The summed E-state index contributed by atoms with van der Waals surface area (Å²) in [6, 6.07) is 6.28. The normalized spacial score (nSPS) is 22.9. The second kappa shape index (κ2) is 6.64. The molecular formula is C15H21AcNO. The SMILES string of the molecule is CC(=Nc1ccc2c(c1)[C@@H](C)C(O)C2)C(C)C.[Ac]. The van der Waals surface area contributed by atoms with E-state index < -0.39 is 0 Å². The Balaban J connectivity index is 0.00000162. The van der Waals surface area contributed by atoms with Crippen LogP contribution in [0.1, 0.15) is 44.7 Å². The first kappa shape index (κ1) is 16.3. The van der Waals surface area contributed by atoms with Crippen molar-refractivity contribution < 1.29 is 49.2 Å². The zero-order chi connectivity index (χ0) is 12.6. The van der Waals surface area contributed by atoms with Crippen molar-refractivity contribution in [2.75, 3.05) is 0 Å². The van der Waals surface area contributed by atoms with E-state index in [2.05, 4.69) is 50.9 Å². The predicted octanol–water partition coefficient (Wildman–Crippen LogP) is 3.46. The summed E-state index contributed by atoms with van der Waals surface area (Å²) >= 11 is 0. The minimum absolute atomic E-state index is 0. The van der Waals surface area contributed by atoms with E-state index in [0.717, 1.165) is 17.8 Å². The summed E-state index contributed by atoms with van der Waals surface area (Å²) in [6.45, 7) is 8.45. The summed E-state index contributed by atoms with van der Waals surface area (Å²) in [7, 11) is 0. The molecule has 1 aromatic carbocycles. The summed E-state index contributed by atoms with van der Waals surface area (Å²) in [4.78, 5) is 4.63. The fourth-order valence-electron chi connectivity index (χ4n) is 2.20. The predicted molar refractivity (Wildman–Crippen MR) is 72.2 cm³/mol. The number of hydrogen-bond acceptors (Lipinski definition) is 2. The summed E-state index contributed by atoms with van der Waals surface area (Å²) in [5.74, 6) is 0.714. The Labute approximate surface area is 145 Å². The van der Waals surface area contributed by atoms with E-state index in [1.54, 1.807) is 0 Å². The molecule has 18 heavy (non-hydrogen) atoms. The van der Waals surface area contributed by atoms with Crippen LogP contribution in [0.4, 0.5) is 5.69 Å². The van der Waals surface area contributed by atoms with Crippen molar-refractivity contribution >= 4 is 11.4 Å². The van der Waals surface area contributed by atoms with E-state index in [1.165, 1.54) is 11.1 Å². The van der Waals surface area contributed by atoms with Gasteiger partial charge in [0, 0.05) is 55.7 Å². The van der Waals surface area contributed by atoms with Crippen LogP contribution in [0.5, 0.6) is 0 Å². The molecule has 0 aliphatic heterocycles. The van der Waals surface area contributed by atoms with Crippen molar-refractivity contribution in [3.05, 3.63) is 29.3 Å². The first-order valence-corrected chi connectivity index (χ1v) is 6.35. The van der Waals surface area contributed by atoms with Gasteiger partial charge in [0.05, 0.1) is 11.8 Å². The molecule has 1 aliphatic rings. The second-order valence-electron chi connectivity index (χ2n) is 5.35. The fourth-order valence-corrected chi connectivity index (χ4v) is 2.20. The molecule has 3 heteroatoms. The first-order chi connectivity index (χ1) is 7.99. The van der Waals surface area contributed by atoms with E-state index in [9.17, 15) is 5.11 Å². The maximum Gasteiger partial charge on any atom is 0.0646 e. The molecule has 1 unspecified atom stereocenters.